The highest BCUT2D eigenvalue weighted by molar-refractivity contribution is 5.90. The highest BCUT2D eigenvalue weighted by Crippen LogP contribution is 2.17. The minimum Gasteiger partial charge on any atom is -0.550 e. The van der Waals surface area contributed by atoms with Gasteiger partial charge in [0, 0.05) is 18.1 Å². The number of hydrogen-bond donors (Lipinski definition) is 1. The summed E-state index contributed by atoms with van der Waals surface area (Å²) in [5.74, 6) is -1.57. The van der Waals surface area contributed by atoms with Crippen LogP contribution in [-0.4, -0.2) is 18.5 Å². The summed E-state index contributed by atoms with van der Waals surface area (Å²) < 4.78 is 27.9. The van der Waals surface area contributed by atoms with Gasteiger partial charge in [0.15, 0.2) is 0 Å². The van der Waals surface area contributed by atoms with Crippen LogP contribution in [0.3, 0.4) is 0 Å². The number of carbonyl (C=O) groups is 2. The van der Waals surface area contributed by atoms with Gasteiger partial charge in [-0.05, 0) is 37.1 Å². The molecule has 0 fully saturated rings. The number of rotatable bonds is 7. The summed E-state index contributed by atoms with van der Waals surface area (Å²) >= 11 is 0. The molecule has 0 spiro atoms. The van der Waals surface area contributed by atoms with Gasteiger partial charge in [-0.1, -0.05) is 0 Å². The van der Waals surface area contributed by atoms with E-state index < -0.39 is 12.6 Å². The van der Waals surface area contributed by atoms with E-state index in [2.05, 4.69) is 10.1 Å². The number of carbonyl (C=O) groups excluding carboxylic acids is 2. The van der Waals surface area contributed by atoms with Crippen LogP contribution in [0.5, 0.6) is 5.75 Å². The molecule has 0 saturated heterocycles. The van der Waals surface area contributed by atoms with Crippen molar-refractivity contribution in [1.29, 1.82) is 0 Å². The number of aliphatic carboxylic acids is 1. The van der Waals surface area contributed by atoms with Crippen molar-refractivity contribution >= 4 is 17.6 Å². The normalized spacial score (nSPS) is 10.3. The second kappa shape index (κ2) is 7.30. The number of benzene rings is 1. The molecule has 1 aromatic carbocycles. The van der Waals surface area contributed by atoms with Crippen molar-refractivity contribution in [1.82, 2.24) is 0 Å². The van der Waals surface area contributed by atoms with Crippen molar-refractivity contribution in [2.75, 3.05) is 5.32 Å². The van der Waals surface area contributed by atoms with Gasteiger partial charge in [0.05, 0.1) is 0 Å². The molecule has 104 valence electrons. The zero-order chi connectivity index (χ0) is 14.3. The Morgan fingerprint density at radius 3 is 2.37 bits per heavy atom. The monoisotopic (exact) mass is 272 g/mol. The Morgan fingerprint density at radius 2 is 1.84 bits per heavy atom. The molecule has 0 bridgehead atoms. The zero-order valence-electron chi connectivity index (χ0n) is 9.90. The summed E-state index contributed by atoms with van der Waals surface area (Å²) in [6, 6.07) is 5.41. The van der Waals surface area contributed by atoms with Gasteiger partial charge in [0.1, 0.15) is 5.75 Å². The van der Waals surface area contributed by atoms with E-state index in [0.717, 1.165) is 0 Å². The van der Waals surface area contributed by atoms with E-state index in [9.17, 15) is 23.5 Å². The van der Waals surface area contributed by atoms with Crippen LogP contribution in [-0.2, 0) is 9.59 Å². The second-order valence-corrected chi connectivity index (χ2v) is 3.68. The lowest BCUT2D eigenvalue weighted by molar-refractivity contribution is -0.305. The first-order valence-electron chi connectivity index (χ1n) is 5.52. The number of nitrogens with one attached hydrogen (secondary N) is 1. The molecule has 0 aromatic heterocycles. The van der Waals surface area contributed by atoms with Crippen molar-refractivity contribution in [3.05, 3.63) is 24.3 Å². The molecule has 0 unspecified atom stereocenters. The fourth-order valence-electron chi connectivity index (χ4n) is 1.34. The Balaban J connectivity index is 2.40. The summed E-state index contributed by atoms with van der Waals surface area (Å²) in [5.41, 5.74) is 0.417. The fraction of sp³-hybridized carbons (Fsp3) is 0.333. The number of carboxylic acid groups (broad SMARTS) is 1. The largest absolute Gasteiger partial charge is 0.550 e. The Hall–Kier alpha value is -2.18. The Bertz CT molecular complexity index is 434. The Kier molecular flexibility index (Phi) is 5.72. The summed E-state index contributed by atoms with van der Waals surface area (Å²) in [7, 11) is 0. The summed E-state index contributed by atoms with van der Waals surface area (Å²) in [6.45, 7) is -2.90. The molecular formula is C12H12F2NO4-. The molecule has 5 nitrogen and oxygen atoms in total. The lowest BCUT2D eigenvalue weighted by atomic mass is 10.2. The molecule has 0 aliphatic heterocycles. The van der Waals surface area contributed by atoms with Gasteiger partial charge < -0.3 is 20.0 Å². The number of anilines is 1. The molecule has 1 N–H and O–H groups in total. The van der Waals surface area contributed by atoms with Crippen LogP contribution in [0.4, 0.5) is 14.5 Å². The molecule has 1 aromatic rings. The first-order chi connectivity index (χ1) is 8.97. The van der Waals surface area contributed by atoms with Gasteiger partial charge in [-0.15, -0.1) is 0 Å². The van der Waals surface area contributed by atoms with Crippen molar-refractivity contribution in [3.63, 3.8) is 0 Å². The van der Waals surface area contributed by atoms with E-state index in [0.29, 0.717) is 5.69 Å². The number of carboxylic acids is 1. The van der Waals surface area contributed by atoms with Gasteiger partial charge in [-0.25, -0.2) is 0 Å². The number of halogens is 2. The molecule has 19 heavy (non-hydrogen) atoms. The van der Waals surface area contributed by atoms with Crippen LogP contribution in [0.25, 0.3) is 0 Å². The third-order valence-corrected chi connectivity index (χ3v) is 2.15. The van der Waals surface area contributed by atoms with Crippen molar-refractivity contribution in [2.45, 2.75) is 25.9 Å². The maximum Gasteiger partial charge on any atom is 0.387 e. The van der Waals surface area contributed by atoms with E-state index in [1.807, 2.05) is 0 Å². The third-order valence-electron chi connectivity index (χ3n) is 2.15. The average Bonchev–Trinajstić information content (AvgIpc) is 2.30. The molecule has 0 radical (unpaired) electrons. The predicted molar refractivity (Wildman–Crippen MR) is 60.6 cm³/mol. The molecule has 1 amide bonds. The number of alkyl halides is 2. The molecule has 7 heteroatoms. The van der Waals surface area contributed by atoms with Crippen LogP contribution in [0.15, 0.2) is 24.3 Å². The Labute approximate surface area is 108 Å². The van der Waals surface area contributed by atoms with Crippen LogP contribution >= 0.6 is 0 Å². The third kappa shape index (κ3) is 6.35. The maximum absolute atomic E-state index is 11.9. The van der Waals surface area contributed by atoms with Crippen molar-refractivity contribution in [2.24, 2.45) is 0 Å². The van der Waals surface area contributed by atoms with E-state index >= 15 is 0 Å². The lowest BCUT2D eigenvalue weighted by Crippen LogP contribution is -2.22. The van der Waals surface area contributed by atoms with Crippen molar-refractivity contribution in [3.8, 4) is 5.75 Å². The fourth-order valence-corrected chi connectivity index (χ4v) is 1.34. The smallest absolute Gasteiger partial charge is 0.387 e. The number of ether oxygens (including phenoxy) is 1. The quantitative estimate of drug-likeness (QED) is 0.807. The van der Waals surface area contributed by atoms with E-state index in [4.69, 9.17) is 0 Å². The molecule has 0 heterocycles. The van der Waals surface area contributed by atoms with Crippen LogP contribution in [0.1, 0.15) is 19.3 Å². The van der Waals surface area contributed by atoms with Gasteiger partial charge in [0.2, 0.25) is 5.91 Å². The van der Waals surface area contributed by atoms with E-state index in [-0.39, 0.29) is 30.9 Å². The standard InChI is InChI=1S/C12H13F2NO4/c13-12(14)19-9-6-4-8(5-7-9)15-10(16)2-1-3-11(17)18/h4-7,12H,1-3H2,(H,15,16)(H,17,18)/p-1. The summed E-state index contributed by atoms with van der Waals surface area (Å²) in [6.07, 6.45) is 0.0403. The molecule has 0 atom stereocenters. The van der Waals surface area contributed by atoms with Gasteiger partial charge in [0.25, 0.3) is 0 Å². The highest BCUT2D eigenvalue weighted by Gasteiger charge is 2.05. The van der Waals surface area contributed by atoms with Gasteiger partial charge in [-0.3, -0.25) is 4.79 Å². The molecule has 0 aliphatic carbocycles. The minimum atomic E-state index is -2.90. The molecule has 1 rings (SSSR count). The minimum absolute atomic E-state index is 0.00931. The Morgan fingerprint density at radius 1 is 1.21 bits per heavy atom. The van der Waals surface area contributed by atoms with Crippen LogP contribution in [0, 0.1) is 0 Å². The van der Waals surface area contributed by atoms with Gasteiger partial charge in [-0.2, -0.15) is 8.78 Å². The first kappa shape index (κ1) is 14.9. The molecule has 0 saturated carbocycles. The number of amides is 1. The van der Waals surface area contributed by atoms with Crippen molar-refractivity contribution < 1.29 is 28.2 Å². The summed E-state index contributed by atoms with van der Waals surface area (Å²) in [5, 5.41) is 12.6. The lowest BCUT2D eigenvalue weighted by Gasteiger charge is -2.07. The summed E-state index contributed by atoms with van der Waals surface area (Å²) in [4.78, 5) is 21.5. The average molecular weight is 272 g/mol. The van der Waals surface area contributed by atoms with E-state index in [1.54, 1.807) is 0 Å². The molecular weight excluding hydrogens is 260 g/mol. The van der Waals surface area contributed by atoms with E-state index in [1.165, 1.54) is 24.3 Å². The SMILES string of the molecule is O=C([O-])CCCC(=O)Nc1ccc(OC(F)F)cc1. The topological polar surface area (TPSA) is 78.5 Å². The van der Waals surface area contributed by atoms with Crippen LogP contribution in [0.2, 0.25) is 0 Å². The van der Waals surface area contributed by atoms with Gasteiger partial charge >= 0.3 is 6.61 Å². The highest BCUT2D eigenvalue weighted by atomic mass is 19.3. The number of hydrogen-bond acceptors (Lipinski definition) is 4. The molecule has 0 aliphatic rings. The zero-order valence-corrected chi connectivity index (χ0v) is 9.90. The maximum atomic E-state index is 11.9. The second-order valence-electron chi connectivity index (χ2n) is 3.68. The first-order valence-corrected chi connectivity index (χ1v) is 5.52. The predicted octanol–water partition coefficient (Wildman–Crippen LogP) is 1.15. The van der Waals surface area contributed by atoms with Crippen LogP contribution < -0.4 is 15.2 Å².